The van der Waals surface area contributed by atoms with Crippen molar-refractivity contribution in [2.75, 3.05) is 0 Å². The molecule has 3 rings (SSSR count). The van der Waals surface area contributed by atoms with Gasteiger partial charge >= 0.3 is 0 Å². The van der Waals surface area contributed by atoms with Crippen molar-refractivity contribution in [1.82, 2.24) is 0 Å². The van der Waals surface area contributed by atoms with Gasteiger partial charge in [0.1, 0.15) is 0 Å². The fraction of sp³-hybridized carbons (Fsp3) is 0.105. The van der Waals surface area contributed by atoms with Crippen molar-refractivity contribution >= 4 is 10.8 Å². The second-order valence-corrected chi connectivity index (χ2v) is 4.84. The summed E-state index contributed by atoms with van der Waals surface area (Å²) in [4.78, 5) is 0. The average molecular weight is 257 g/mol. The first-order valence-electron chi connectivity index (χ1n) is 6.83. The number of hydrogen-bond donors (Lipinski definition) is 0. The van der Waals surface area contributed by atoms with E-state index >= 15 is 0 Å². The fourth-order valence-corrected chi connectivity index (χ4v) is 2.65. The molecule has 0 spiro atoms. The monoisotopic (exact) mass is 257 g/mol. The normalized spacial score (nSPS) is 10.3. The van der Waals surface area contributed by atoms with E-state index in [-0.39, 0.29) is 0 Å². The fourth-order valence-electron chi connectivity index (χ4n) is 2.65. The van der Waals surface area contributed by atoms with Crippen molar-refractivity contribution in [3.63, 3.8) is 0 Å². The van der Waals surface area contributed by atoms with E-state index in [0.29, 0.717) is 6.42 Å². The van der Waals surface area contributed by atoms with E-state index in [0.717, 1.165) is 6.42 Å². The van der Waals surface area contributed by atoms with Crippen molar-refractivity contribution < 1.29 is 0 Å². The third kappa shape index (κ3) is 2.29. The molecule has 3 aromatic carbocycles. The van der Waals surface area contributed by atoms with Crippen LogP contribution in [0.5, 0.6) is 0 Å². The number of nitrogens with zero attached hydrogens (tertiary/aromatic N) is 1. The van der Waals surface area contributed by atoms with Gasteiger partial charge in [0.25, 0.3) is 0 Å². The van der Waals surface area contributed by atoms with Gasteiger partial charge in [0.15, 0.2) is 0 Å². The van der Waals surface area contributed by atoms with Crippen molar-refractivity contribution in [1.29, 1.82) is 5.26 Å². The highest BCUT2D eigenvalue weighted by Crippen LogP contribution is 2.31. The predicted octanol–water partition coefficient (Wildman–Crippen LogP) is 4.96. The lowest BCUT2D eigenvalue weighted by Gasteiger charge is -2.11. The zero-order valence-corrected chi connectivity index (χ0v) is 11.2. The van der Waals surface area contributed by atoms with E-state index in [1.54, 1.807) is 0 Å². The molecule has 1 nitrogen and oxygen atoms in total. The average Bonchev–Trinajstić information content (AvgIpc) is 2.53. The molecule has 20 heavy (non-hydrogen) atoms. The predicted molar refractivity (Wildman–Crippen MR) is 83.3 cm³/mol. The van der Waals surface area contributed by atoms with Crippen LogP contribution in [0.15, 0.2) is 66.7 Å². The van der Waals surface area contributed by atoms with Crippen LogP contribution in [-0.2, 0) is 6.42 Å². The molecular formula is C19H15N. The molecule has 3 aromatic rings. The molecule has 96 valence electrons. The Hall–Kier alpha value is -2.59. The van der Waals surface area contributed by atoms with Crippen LogP contribution in [0, 0.1) is 11.3 Å². The molecule has 0 aliphatic carbocycles. The quantitative estimate of drug-likeness (QED) is 0.650. The molecule has 0 aromatic heterocycles. The Balaban J connectivity index is 2.19. The highest BCUT2D eigenvalue weighted by Gasteiger charge is 2.07. The van der Waals surface area contributed by atoms with Gasteiger partial charge in [0.05, 0.1) is 6.07 Å². The summed E-state index contributed by atoms with van der Waals surface area (Å²) in [6, 6.07) is 25.4. The van der Waals surface area contributed by atoms with E-state index in [1.807, 2.05) is 6.07 Å². The van der Waals surface area contributed by atoms with Crippen molar-refractivity contribution in [2.24, 2.45) is 0 Å². The molecule has 0 atom stereocenters. The molecule has 0 N–H and O–H groups in total. The second-order valence-electron chi connectivity index (χ2n) is 4.84. The van der Waals surface area contributed by atoms with Crippen LogP contribution in [0.3, 0.4) is 0 Å². The number of fused-ring (bicyclic) bond motifs is 1. The zero-order valence-electron chi connectivity index (χ0n) is 11.2. The minimum absolute atomic E-state index is 0.557. The van der Waals surface area contributed by atoms with Crippen LogP contribution in [-0.4, -0.2) is 0 Å². The molecule has 0 aliphatic heterocycles. The van der Waals surface area contributed by atoms with E-state index < -0.39 is 0 Å². The minimum Gasteiger partial charge on any atom is -0.198 e. The number of rotatable bonds is 3. The van der Waals surface area contributed by atoms with E-state index in [2.05, 4.69) is 66.7 Å². The molecule has 0 amide bonds. The van der Waals surface area contributed by atoms with Crippen LogP contribution in [0.2, 0.25) is 0 Å². The smallest absolute Gasteiger partial charge is 0.0625 e. The molecule has 0 fully saturated rings. The van der Waals surface area contributed by atoms with Crippen LogP contribution < -0.4 is 0 Å². The summed E-state index contributed by atoms with van der Waals surface area (Å²) in [7, 11) is 0. The van der Waals surface area contributed by atoms with Gasteiger partial charge in [0.2, 0.25) is 0 Å². The van der Waals surface area contributed by atoms with Crippen LogP contribution in [0.25, 0.3) is 21.9 Å². The van der Waals surface area contributed by atoms with Crippen molar-refractivity contribution in [3.05, 3.63) is 72.3 Å². The Bertz CT molecular complexity index is 776. The third-order valence-corrected chi connectivity index (χ3v) is 3.60. The summed E-state index contributed by atoms with van der Waals surface area (Å²) in [6.45, 7) is 0. The lowest BCUT2D eigenvalue weighted by Crippen LogP contribution is -1.90. The molecule has 0 aliphatic rings. The number of aryl methyl sites for hydroxylation is 1. The van der Waals surface area contributed by atoms with Crippen molar-refractivity contribution in [2.45, 2.75) is 12.8 Å². The summed E-state index contributed by atoms with van der Waals surface area (Å²) in [5.74, 6) is 0. The Morgan fingerprint density at radius 3 is 2.35 bits per heavy atom. The Morgan fingerprint density at radius 1 is 0.750 bits per heavy atom. The van der Waals surface area contributed by atoms with Gasteiger partial charge in [0, 0.05) is 6.42 Å². The zero-order chi connectivity index (χ0) is 13.8. The summed E-state index contributed by atoms with van der Waals surface area (Å²) < 4.78 is 0. The van der Waals surface area contributed by atoms with Gasteiger partial charge < -0.3 is 0 Å². The topological polar surface area (TPSA) is 23.8 Å². The highest BCUT2D eigenvalue weighted by molar-refractivity contribution is 5.97. The summed E-state index contributed by atoms with van der Waals surface area (Å²) in [5, 5.41) is 11.3. The largest absolute Gasteiger partial charge is 0.198 e. The van der Waals surface area contributed by atoms with Gasteiger partial charge in [-0.2, -0.15) is 5.26 Å². The maximum Gasteiger partial charge on any atom is 0.0625 e. The third-order valence-electron chi connectivity index (χ3n) is 3.60. The molecular weight excluding hydrogens is 242 g/mol. The number of hydrogen-bond acceptors (Lipinski definition) is 1. The Labute approximate surface area is 119 Å². The van der Waals surface area contributed by atoms with Crippen molar-refractivity contribution in [3.8, 4) is 17.2 Å². The summed E-state index contributed by atoms with van der Waals surface area (Å²) >= 11 is 0. The van der Waals surface area contributed by atoms with E-state index in [1.165, 1.54) is 27.5 Å². The first-order valence-corrected chi connectivity index (χ1v) is 6.83. The lowest BCUT2D eigenvalue weighted by molar-refractivity contribution is 1.01. The SMILES string of the molecule is N#CCCc1ccccc1-c1cccc2ccccc12. The molecule has 0 saturated heterocycles. The van der Waals surface area contributed by atoms with Gasteiger partial charge in [-0.3, -0.25) is 0 Å². The summed E-state index contributed by atoms with van der Waals surface area (Å²) in [6.07, 6.45) is 1.36. The van der Waals surface area contributed by atoms with E-state index in [9.17, 15) is 0 Å². The van der Waals surface area contributed by atoms with Crippen LogP contribution >= 0.6 is 0 Å². The van der Waals surface area contributed by atoms with Gasteiger partial charge in [-0.25, -0.2) is 0 Å². The molecule has 1 heteroatoms. The minimum atomic E-state index is 0.557. The second kappa shape index (κ2) is 5.59. The lowest BCUT2D eigenvalue weighted by atomic mass is 9.93. The number of benzene rings is 3. The maximum atomic E-state index is 8.81. The first kappa shape index (κ1) is 12.4. The van der Waals surface area contributed by atoms with Gasteiger partial charge in [-0.1, -0.05) is 66.7 Å². The Kier molecular flexibility index (Phi) is 3.48. The van der Waals surface area contributed by atoms with E-state index in [4.69, 9.17) is 5.26 Å². The van der Waals surface area contributed by atoms with Gasteiger partial charge in [-0.15, -0.1) is 0 Å². The molecule has 0 heterocycles. The van der Waals surface area contributed by atoms with Crippen LogP contribution in [0.4, 0.5) is 0 Å². The number of nitriles is 1. The standard InChI is InChI=1S/C19H15N/c20-14-6-10-16-8-2-4-12-18(16)19-13-5-9-15-7-1-3-11-17(15)19/h1-5,7-9,11-13H,6,10H2. The first-order chi connectivity index (χ1) is 9.90. The van der Waals surface area contributed by atoms with Crippen LogP contribution in [0.1, 0.15) is 12.0 Å². The molecule has 0 radical (unpaired) electrons. The molecule has 0 unspecified atom stereocenters. The molecule has 0 bridgehead atoms. The maximum absolute atomic E-state index is 8.81. The van der Waals surface area contributed by atoms with Gasteiger partial charge in [-0.05, 0) is 33.9 Å². The Morgan fingerprint density at radius 2 is 1.45 bits per heavy atom. The summed E-state index contributed by atoms with van der Waals surface area (Å²) in [5.41, 5.74) is 3.72. The highest BCUT2D eigenvalue weighted by atomic mass is 14.2. The molecule has 0 saturated carbocycles.